The molecule has 13 heavy (non-hydrogen) atoms. The summed E-state index contributed by atoms with van der Waals surface area (Å²) in [4.78, 5) is 12.7. The Kier molecular flexibility index (Phi) is 3.44. The van der Waals surface area contributed by atoms with Crippen molar-refractivity contribution in [1.29, 1.82) is 0 Å². The maximum absolute atomic E-state index is 11.5. The Labute approximate surface area is 80.4 Å². The summed E-state index contributed by atoms with van der Waals surface area (Å²) in [5, 5.41) is 8.68. The van der Waals surface area contributed by atoms with E-state index in [9.17, 15) is 9.00 Å². The third-order valence-corrected chi connectivity index (χ3v) is 4.12. The van der Waals surface area contributed by atoms with Gasteiger partial charge in [-0.05, 0) is 13.8 Å². The Balaban J connectivity index is 2.63. The van der Waals surface area contributed by atoms with Crippen molar-refractivity contribution in [3.8, 4) is 0 Å². The molecule has 2 atom stereocenters. The molecule has 1 fully saturated rings. The fraction of sp³-hybridized carbons (Fsp3) is 0.875. The van der Waals surface area contributed by atoms with E-state index in [1.165, 1.54) is 0 Å². The van der Waals surface area contributed by atoms with Gasteiger partial charge in [0.25, 0.3) is 0 Å². The predicted molar refractivity (Wildman–Crippen MR) is 50.7 cm³/mol. The van der Waals surface area contributed by atoms with E-state index in [-0.39, 0.29) is 16.4 Å². The van der Waals surface area contributed by atoms with Crippen LogP contribution in [0.3, 0.4) is 0 Å². The molecule has 76 valence electrons. The third kappa shape index (κ3) is 2.28. The highest BCUT2D eigenvalue weighted by Gasteiger charge is 2.30. The van der Waals surface area contributed by atoms with Gasteiger partial charge in [-0.1, -0.05) is 0 Å². The molecule has 1 amide bonds. The number of rotatable bonds is 1. The summed E-state index contributed by atoms with van der Waals surface area (Å²) in [6.07, 6.45) is 0. The number of hydrogen-bond acceptors (Lipinski definition) is 3. The van der Waals surface area contributed by atoms with Gasteiger partial charge in [0.15, 0.2) is 0 Å². The van der Waals surface area contributed by atoms with E-state index in [4.69, 9.17) is 5.11 Å². The van der Waals surface area contributed by atoms with Gasteiger partial charge in [0, 0.05) is 34.4 Å². The van der Waals surface area contributed by atoms with Crippen molar-refractivity contribution >= 4 is 16.7 Å². The largest absolute Gasteiger partial charge is 0.387 e. The number of carbonyl (C=O) groups excluding carboxylic acids is 1. The summed E-state index contributed by atoms with van der Waals surface area (Å²) in [5.74, 6) is -0.268. The Morgan fingerprint density at radius 3 is 2.31 bits per heavy atom. The first-order valence-corrected chi connectivity index (χ1v) is 5.62. The Morgan fingerprint density at radius 1 is 1.46 bits per heavy atom. The molecule has 1 saturated heterocycles. The van der Waals surface area contributed by atoms with Crippen LogP contribution in [0.5, 0.6) is 0 Å². The van der Waals surface area contributed by atoms with Crippen LogP contribution in [0.2, 0.25) is 0 Å². The average molecular weight is 205 g/mol. The van der Waals surface area contributed by atoms with Crippen LogP contribution in [0.25, 0.3) is 0 Å². The third-order valence-electron chi connectivity index (χ3n) is 2.24. The van der Waals surface area contributed by atoms with Gasteiger partial charge in [0.05, 0.1) is 0 Å². The first-order valence-electron chi connectivity index (χ1n) is 4.34. The zero-order chi connectivity index (χ0) is 10.0. The molecule has 1 heterocycles. The minimum atomic E-state index is -0.844. The highest BCUT2D eigenvalue weighted by molar-refractivity contribution is 7.86. The second-order valence-electron chi connectivity index (χ2n) is 3.41. The van der Waals surface area contributed by atoms with Crippen molar-refractivity contribution in [2.24, 2.45) is 0 Å². The van der Waals surface area contributed by atoms with Gasteiger partial charge in [-0.2, -0.15) is 0 Å². The molecule has 0 aromatic heterocycles. The summed E-state index contributed by atoms with van der Waals surface area (Å²) in [6.45, 7) is 4.27. The molecule has 0 aromatic carbocycles. The maximum atomic E-state index is 11.5. The van der Waals surface area contributed by atoms with Crippen LogP contribution < -0.4 is 0 Å². The fourth-order valence-corrected chi connectivity index (χ4v) is 2.99. The van der Waals surface area contributed by atoms with Gasteiger partial charge in [-0.3, -0.25) is 9.00 Å². The van der Waals surface area contributed by atoms with Gasteiger partial charge in [0.2, 0.25) is 5.91 Å². The molecule has 1 rings (SSSR count). The quantitative estimate of drug-likeness (QED) is 0.618. The highest BCUT2D eigenvalue weighted by Crippen LogP contribution is 2.14. The molecular formula is C8H15NO3S. The van der Waals surface area contributed by atoms with E-state index in [1.54, 1.807) is 4.90 Å². The number of carbonyl (C=O) groups is 1. The number of nitrogens with zero attached hydrogens (tertiary/aromatic N) is 1. The Hall–Kier alpha value is -0.420. The van der Waals surface area contributed by atoms with Crippen molar-refractivity contribution in [2.75, 3.05) is 19.7 Å². The van der Waals surface area contributed by atoms with Crippen molar-refractivity contribution in [1.82, 2.24) is 4.90 Å². The van der Waals surface area contributed by atoms with E-state index >= 15 is 0 Å². The van der Waals surface area contributed by atoms with Gasteiger partial charge in [-0.15, -0.1) is 0 Å². The van der Waals surface area contributed by atoms with E-state index in [0.717, 1.165) is 0 Å². The van der Waals surface area contributed by atoms with Crippen LogP contribution >= 0.6 is 0 Å². The number of aliphatic hydroxyl groups is 1. The van der Waals surface area contributed by atoms with Gasteiger partial charge < -0.3 is 10.0 Å². The molecule has 0 radical (unpaired) electrons. The molecule has 0 aromatic rings. The minimum absolute atomic E-state index is 0.0132. The van der Waals surface area contributed by atoms with Crippen LogP contribution in [0.1, 0.15) is 13.8 Å². The lowest BCUT2D eigenvalue weighted by molar-refractivity contribution is -0.134. The lowest BCUT2D eigenvalue weighted by Crippen LogP contribution is -2.50. The summed E-state index contributed by atoms with van der Waals surface area (Å²) in [5.41, 5.74) is 0. The number of amides is 1. The molecule has 0 spiro atoms. The maximum Gasteiger partial charge on any atom is 0.248 e. The van der Waals surface area contributed by atoms with Crippen molar-refractivity contribution in [2.45, 2.75) is 24.3 Å². The standard InChI is InChI=1S/C8H15NO3S/c1-6-3-9(8(11)5-10)4-7(2)13(6)12/h6-7,10H,3-5H2,1-2H3. The van der Waals surface area contributed by atoms with Crippen LogP contribution in [-0.4, -0.2) is 50.3 Å². The first-order chi connectivity index (χ1) is 6.06. The zero-order valence-electron chi connectivity index (χ0n) is 7.90. The van der Waals surface area contributed by atoms with Crippen LogP contribution in [-0.2, 0) is 15.6 Å². The second kappa shape index (κ2) is 4.19. The lowest BCUT2D eigenvalue weighted by atomic mass is 10.3. The average Bonchev–Trinajstić information content (AvgIpc) is 2.12. The first kappa shape index (κ1) is 10.7. The summed E-state index contributed by atoms with van der Waals surface area (Å²) < 4.78 is 11.5. The SMILES string of the molecule is CC1CN(C(=O)CO)CC(C)S1=O. The molecule has 2 unspecified atom stereocenters. The zero-order valence-corrected chi connectivity index (χ0v) is 8.71. The summed E-state index contributed by atoms with van der Waals surface area (Å²) in [7, 11) is -0.844. The van der Waals surface area contributed by atoms with Crippen LogP contribution in [0, 0.1) is 0 Å². The van der Waals surface area contributed by atoms with Crippen molar-refractivity contribution in [3.05, 3.63) is 0 Å². The van der Waals surface area contributed by atoms with E-state index in [2.05, 4.69) is 0 Å². The summed E-state index contributed by atoms with van der Waals surface area (Å²) in [6, 6.07) is 0. The molecule has 1 aliphatic rings. The monoisotopic (exact) mass is 205 g/mol. The topological polar surface area (TPSA) is 57.6 Å². The Morgan fingerprint density at radius 2 is 1.92 bits per heavy atom. The van der Waals surface area contributed by atoms with E-state index in [1.807, 2.05) is 13.8 Å². The molecular weight excluding hydrogens is 190 g/mol. The molecule has 4 nitrogen and oxygen atoms in total. The molecule has 1 aliphatic heterocycles. The molecule has 0 bridgehead atoms. The molecule has 0 aliphatic carbocycles. The smallest absolute Gasteiger partial charge is 0.248 e. The Bertz CT molecular complexity index is 217. The van der Waals surface area contributed by atoms with Crippen LogP contribution in [0.15, 0.2) is 0 Å². The molecule has 5 heteroatoms. The van der Waals surface area contributed by atoms with E-state index in [0.29, 0.717) is 13.1 Å². The van der Waals surface area contributed by atoms with Gasteiger partial charge in [0.1, 0.15) is 6.61 Å². The number of hydrogen-bond donors (Lipinski definition) is 1. The molecule has 0 saturated carbocycles. The van der Waals surface area contributed by atoms with Gasteiger partial charge in [-0.25, -0.2) is 0 Å². The minimum Gasteiger partial charge on any atom is -0.387 e. The second-order valence-corrected chi connectivity index (χ2v) is 5.67. The normalized spacial score (nSPS) is 34.7. The highest BCUT2D eigenvalue weighted by atomic mass is 32.2. The van der Waals surface area contributed by atoms with E-state index < -0.39 is 17.4 Å². The van der Waals surface area contributed by atoms with Crippen molar-refractivity contribution in [3.63, 3.8) is 0 Å². The van der Waals surface area contributed by atoms with Crippen LogP contribution in [0.4, 0.5) is 0 Å². The lowest BCUT2D eigenvalue weighted by Gasteiger charge is -2.33. The fourth-order valence-electron chi connectivity index (χ4n) is 1.54. The predicted octanol–water partition coefficient (Wildman–Crippen LogP) is -0.653. The summed E-state index contributed by atoms with van der Waals surface area (Å²) >= 11 is 0. The molecule has 1 N–H and O–H groups in total. The number of aliphatic hydroxyl groups excluding tert-OH is 1. The van der Waals surface area contributed by atoms with Crippen molar-refractivity contribution < 1.29 is 14.1 Å². The van der Waals surface area contributed by atoms with Gasteiger partial charge >= 0.3 is 0 Å².